The van der Waals surface area contributed by atoms with Gasteiger partial charge >= 0.3 is 0 Å². The number of hydrogen-bond acceptors (Lipinski definition) is 3. The molecule has 0 aromatic heterocycles. The number of primary sulfonamides is 1. The Morgan fingerprint density at radius 2 is 1.72 bits per heavy atom. The predicted molar refractivity (Wildman–Crippen MR) is 71.6 cm³/mol. The van der Waals surface area contributed by atoms with Gasteiger partial charge in [-0.2, -0.15) is 0 Å². The van der Waals surface area contributed by atoms with E-state index in [2.05, 4.69) is 0 Å². The molecule has 0 amide bonds. The number of rotatable bonds is 1. The molecule has 3 N–H and O–H groups in total. The summed E-state index contributed by atoms with van der Waals surface area (Å²) < 4.78 is 21.7. The van der Waals surface area contributed by atoms with Crippen LogP contribution in [0.3, 0.4) is 0 Å². The van der Waals surface area contributed by atoms with Gasteiger partial charge in [0.25, 0.3) is 0 Å². The molecule has 18 heavy (non-hydrogen) atoms. The van der Waals surface area contributed by atoms with Crippen LogP contribution in [0.1, 0.15) is 37.7 Å². The van der Waals surface area contributed by atoms with Gasteiger partial charge in [-0.05, 0) is 31.4 Å². The Balaban J connectivity index is 0.000000199. The highest BCUT2D eigenvalue weighted by atomic mass is 32.2. The van der Waals surface area contributed by atoms with E-state index in [4.69, 9.17) is 10.2 Å². The van der Waals surface area contributed by atoms with Crippen molar-refractivity contribution >= 4 is 10.0 Å². The average molecular weight is 271 g/mol. The molecule has 0 heterocycles. The van der Waals surface area contributed by atoms with Crippen LogP contribution in [0, 0.1) is 6.92 Å². The molecule has 0 bridgehead atoms. The van der Waals surface area contributed by atoms with Crippen LogP contribution in [0.5, 0.6) is 0 Å². The van der Waals surface area contributed by atoms with E-state index in [-0.39, 0.29) is 11.0 Å². The third kappa shape index (κ3) is 5.16. The van der Waals surface area contributed by atoms with E-state index in [1.165, 1.54) is 25.3 Å². The van der Waals surface area contributed by atoms with Gasteiger partial charge in [0.15, 0.2) is 0 Å². The Morgan fingerprint density at radius 3 is 2.06 bits per heavy atom. The molecule has 0 unspecified atom stereocenters. The zero-order valence-corrected chi connectivity index (χ0v) is 11.5. The summed E-state index contributed by atoms with van der Waals surface area (Å²) in [6, 6.07) is 6.61. The van der Waals surface area contributed by atoms with Crippen molar-refractivity contribution in [2.75, 3.05) is 0 Å². The lowest BCUT2D eigenvalue weighted by Crippen LogP contribution is -2.13. The molecule has 0 saturated heterocycles. The molecule has 4 nitrogen and oxygen atoms in total. The summed E-state index contributed by atoms with van der Waals surface area (Å²) in [5, 5.41) is 13.8. The fourth-order valence-electron chi connectivity index (χ4n) is 1.96. The first-order valence-corrected chi connectivity index (χ1v) is 7.72. The van der Waals surface area contributed by atoms with E-state index in [1.807, 2.05) is 0 Å². The van der Waals surface area contributed by atoms with E-state index in [1.54, 1.807) is 25.1 Å². The van der Waals surface area contributed by atoms with Crippen LogP contribution in [-0.2, 0) is 10.0 Å². The van der Waals surface area contributed by atoms with Crippen molar-refractivity contribution in [2.45, 2.75) is 50.0 Å². The second-order valence-corrected chi connectivity index (χ2v) is 6.13. The molecule has 1 aliphatic carbocycles. The van der Waals surface area contributed by atoms with Crippen molar-refractivity contribution in [3.05, 3.63) is 29.8 Å². The Hall–Kier alpha value is -0.910. The fourth-order valence-corrected chi connectivity index (χ4v) is 2.74. The second-order valence-electron chi connectivity index (χ2n) is 4.60. The van der Waals surface area contributed by atoms with Crippen molar-refractivity contribution in [3.8, 4) is 0 Å². The van der Waals surface area contributed by atoms with Gasteiger partial charge in [-0.1, -0.05) is 37.5 Å². The third-order valence-electron chi connectivity index (χ3n) is 2.97. The van der Waals surface area contributed by atoms with Crippen molar-refractivity contribution in [3.63, 3.8) is 0 Å². The van der Waals surface area contributed by atoms with Crippen LogP contribution in [-0.4, -0.2) is 19.6 Å². The SMILES string of the molecule is Cc1ccccc1S(N)(=O)=O.OC1CCCCC1. The molecule has 1 saturated carbocycles. The van der Waals surface area contributed by atoms with E-state index < -0.39 is 10.0 Å². The van der Waals surface area contributed by atoms with Crippen LogP contribution in [0.25, 0.3) is 0 Å². The summed E-state index contributed by atoms with van der Waals surface area (Å²) >= 11 is 0. The van der Waals surface area contributed by atoms with E-state index in [0.717, 1.165) is 12.8 Å². The molecular weight excluding hydrogens is 250 g/mol. The van der Waals surface area contributed by atoms with Crippen molar-refractivity contribution in [2.24, 2.45) is 5.14 Å². The minimum atomic E-state index is -3.53. The maximum absolute atomic E-state index is 10.8. The highest BCUT2D eigenvalue weighted by Gasteiger charge is 2.08. The summed E-state index contributed by atoms with van der Waals surface area (Å²) in [4.78, 5) is 0.194. The monoisotopic (exact) mass is 271 g/mol. The summed E-state index contributed by atoms with van der Waals surface area (Å²) in [5.41, 5.74) is 0.676. The normalized spacial score (nSPS) is 16.8. The molecule has 0 aliphatic heterocycles. The predicted octanol–water partition coefficient (Wildman–Crippen LogP) is 1.95. The topological polar surface area (TPSA) is 80.4 Å². The molecule has 1 aromatic rings. The summed E-state index contributed by atoms with van der Waals surface area (Å²) in [6.07, 6.45) is 5.92. The maximum Gasteiger partial charge on any atom is 0.238 e. The van der Waals surface area contributed by atoms with Gasteiger partial charge in [-0.15, -0.1) is 0 Å². The first-order valence-electron chi connectivity index (χ1n) is 6.18. The average Bonchev–Trinajstić information content (AvgIpc) is 2.30. The molecule has 102 valence electrons. The maximum atomic E-state index is 10.8. The number of sulfonamides is 1. The number of aliphatic hydroxyl groups is 1. The van der Waals surface area contributed by atoms with Crippen molar-refractivity contribution in [1.82, 2.24) is 0 Å². The lowest BCUT2D eigenvalue weighted by molar-refractivity contribution is 0.130. The zero-order valence-electron chi connectivity index (χ0n) is 10.7. The van der Waals surface area contributed by atoms with Crippen LogP contribution in [0.2, 0.25) is 0 Å². The number of nitrogens with two attached hydrogens (primary N) is 1. The number of aryl methyl sites for hydroxylation is 1. The molecule has 1 fully saturated rings. The largest absolute Gasteiger partial charge is 0.393 e. The summed E-state index contributed by atoms with van der Waals surface area (Å²) in [6.45, 7) is 1.71. The number of hydrogen-bond donors (Lipinski definition) is 2. The van der Waals surface area contributed by atoms with Crippen LogP contribution < -0.4 is 5.14 Å². The van der Waals surface area contributed by atoms with Crippen LogP contribution >= 0.6 is 0 Å². The highest BCUT2D eigenvalue weighted by molar-refractivity contribution is 7.89. The Kier molecular flexibility index (Phi) is 5.78. The molecule has 5 heteroatoms. The first kappa shape index (κ1) is 15.1. The van der Waals surface area contributed by atoms with Gasteiger partial charge < -0.3 is 5.11 Å². The zero-order chi connectivity index (χ0) is 13.6. The Bertz CT molecular complexity index is 465. The second kappa shape index (κ2) is 6.87. The molecule has 0 radical (unpaired) electrons. The Labute approximate surface area is 109 Å². The lowest BCUT2D eigenvalue weighted by Gasteiger charge is -2.14. The van der Waals surface area contributed by atoms with Crippen molar-refractivity contribution in [1.29, 1.82) is 0 Å². The van der Waals surface area contributed by atoms with E-state index in [0.29, 0.717) is 5.56 Å². The van der Waals surface area contributed by atoms with Gasteiger partial charge in [0, 0.05) is 0 Å². The molecule has 0 atom stereocenters. The molecule has 1 aromatic carbocycles. The standard InChI is InChI=1S/C7H9NO2S.C6H12O/c1-6-4-2-3-5-7(6)11(8,9)10;7-6-4-2-1-3-5-6/h2-5H,1H3,(H2,8,9,10);6-7H,1-5H2. The number of aliphatic hydroxyl groups excluding tert-OH is 1. The smallest absolute Gasteiger partial charge is 0.238 e. The third-order valence-corrected chi connectivity index (χ3v) is 4.05. The number of benzene rings is 1. The fraction of sp³-hybridized carbons (Fsp3) is 0.538. The van der Waals surface area contributed by atoms with Gasteiger partial charge in [0.1, 0.15) is 0 Å². The highest BCUT2D eigenvalue weighted by Crippen LogP contribution is 2.16. The molecule has 0 spiro atoms. The van der Waals surface area contributed by atoms with Crippen molar-refractivity contribution < 1.29 is 13.5 Å². The van der Waals surface area contributed by atoms with E-state index >= 15 is 0 Å². The van der Waals surface area contributed by atoms with Crippen LogP contribution in [0.15, 0.2) is 29.2 Å². The van der Waals surface area contributed by atoms with Gasteiger partial charge in [-0.25, -0.2) is 13.6 Å². The first-order chi connectivity index (χ1) is 8.41. The molecule has 2 rings (SSSR count). The van der Waals surface area contributed by atoms with Gasteiger partial charge in [0.05, 0.1) is 11.0 Å². The Morgan fingerprint density at radius 1 is 1.17 bits per heavy atom. The van der Waals surface area contributed by atoms with Gasteiger partial charge in [-0.3, -0.25) is 0 Å². The van der Waals surface area contributed by atoms with Crippen LogP contribution in [0.4, 0.5) is 0 Å². The van der Waals surface area contributed by atoms with Gasteiger partial charge in [0.2, 0.25) is 10.0 Å². The molecular formula is C13H21NO3S. The summed E-state index contributed by atoms with van der Waals surface area (Å²) in [5.74, 6) is 0. The molecule has 1 aliphatic rings. The summed E-state index contributed by atoms with van der Waals surface area (Å²) in [7, 11) is -3.53. The minimum Gasteiger partial charge on any atom is -0.393 e. The van der Waals surface area contributed by atoms with E-state index in [9.17, 15) is 8.42 Å². The lowest BCUT2D eigenvalue weighted by atomic mass is 9.98. The minimum absolute atomic E-state index is 0.0359. The quantitative estimate of drug-likeness (QED) is 0.819.